The van der Waals surface area contributed by atoms with Gasteiger partial charge in [0, 0.05) is 9.17 Å². The van der Waals surface area contributed by atoms with Gasteiger partial charge in [-0.1, -0.05) is 40.2 Å². The van der Waals surface area contributed by atoms with Gasteiger partial charge in [-0.25, -0.2) is 0 Å². The third kappa shape index (κ3) is 2.53. The lowest BCUT2D eigenvalue weighted by Gasteiger charge is -2.19. The normalized spacial score (nSPS) is 12.8. The van der Waals surface area contributed by atoms with Crippen LogP contribution in [0.3, 0.4) is 0 Å². The van der Waals surface area contributed by atoms with Gasteiger partial charge in [0.05, 0.1) is 6.04 Å². The monoisotopic (exact) mass is 345 g/mol. The Balaban J connectivity index is 2.16. The van der Waals surface area contributed by atoms with E-state index >= 15 is 0 Å². The predicted molar refractivity (Wildman–Crippen MR) is 91.6 cm³/mol. The average Bonchev–Trinajstić information content (AvgIpc) is 2.87. The van der Waals surface area contributed by atoms with Crippen molar-refractivity contribution in [3.63, 3.8) is 0 Å². The number of nitrogens with one attached hydrogen (secondary N) is 1. The lowest BCUT2D eigenvalue weighted by Crippen LogP contribution is -2.17. The molecule has 0 aliphatic heterocycles. The molecule has 3 aromatic rings. The van der Waals surface area contributed by atoms with E-state index < -0.39 is 0 Å². The standard InChI is InChI=1S/C17H16BrNS/c1-11-8-13(10-14(18)9-11)16(19-2)15-5-3-4-12-6-7-20-17(12)15/h3-10,16,19H,1-2H3. The average molecular weight is 346 g/mol. The zero-order valence-corrected chi connectivity index (χ0v) is 13.9. The fourth-order valence-corrected chi connectivity index (χ4v) is 4.25. The highest BCUT2D eigenvalue weighted by molar-refractivity contribution is 9.10. The second-order valence-corrected chi connectivity index (χ2v) is 6.80. The summed E-state index contributed by atoms with van der Waals surface area (Å²) in [6.07, 6.45) is 0. The minimum atomic E-state index is 0.216. The molecule has 20 heavy (non-hydrogen) atoms. The number of thiophene rings is 1. The van der Waals surface area contributed by atoms with Crippen LogP contribution in [0, 0.1) is 6.92 Å². The quantitative estimate of drug-likeness (QED) is 0.680. The number of hydrogen-bond donors (Lipinski definition) is 1. The van der Waals surface area contributed by atoms with Gasteiger partial charge in [-0.2, -0.15) is 0 Å². The summed E-state index contributed by atoms with van der Waals surface area (Å²) < 4.78 is 2.50. The highest BCUT2D eigenvalue weighted by Crippen LogP contribution is 2.33. The van der Waals surface area contributed by atoms with E-state index in [9.17, 15) is 0 Å². The maximum Gasteiger partial charge on any atom is 0.0588 e. The van der Waals surface area contributed by atoms with E-state index in [1.807, 2.05) is 18.4 Å². The number of rotatable bonds is 3. The van der Waals surface area contributed by atoms with Crippen molar-refractivity contribution < 1.29 is 0 Å². The van der Waals surface area contributed by atoms with E-state index in [1.54, 1.807) is 0 Å². The highest BCUT2D eigenvalue weighted by Gasteiger charge is 2.16. The maximum absolute atomic E-state index is 3.60. The first-order chi connectivity index (χ1) is 9.69. The Morgan fingerprint density at radius 2 is 2.00 bits per heavy atom. The Hall–Kier alpha value is -1.16. The van der Waals surface area contributed by atoms with E-state index in [-0.39, 0.29) is 6.04 Å². The molecule has 0 radical (unpaired) electrons. The van der Waals surface area contributed by atoms with E-state index in [0.29, 0.717) is 0 Å². The fourth-order valence-electron chi connectivity index (χ4n) is 2.68. The van der Waals surface area contributed by atoms with E-state index in [2.05, 4.69) is 76.0 Å². The third-order valence-electron chi connectivity index (χ3n) is 3.51. The lowest BCUT2D eigenvalue weighted by molar-refractivity contribution is 0.696. The van der Waals surface area contributed by atoms with Gasteiger partial charge in [0.2, 0.25) is 0 Å². The smallest absolute Gasteiger partial charge is 0.0588 e. The van der Waals surface area contributed by atoms with Gasteiger partial charge in [-0.3, -0.25) is 0 Å². The van der Waals surface area contributed by atoms with Crippen molar-refractivity contribution in [1.82, 2.24) is 5.32 Å². The molecule has 1 N–H and O–H groups in total. The molecule has 0 amide bonds. The number of benzene rings is 2. The molecule has 3 rings (SSSR count). The molecule has 102 valence electrons. The van der Waals surface area contributed by atoms with Crippen molar-refractivity contribution in [3.8, 4) is 0 Å². The second kappa shape index (κ2) is 5.68. The molecule has 0 fully saturated rings. The minimum Gasteiger partial charge on any atom is -0.309 e. The van der Waals surface area contributed by atoms with Crippen molar-refractivity contribution >= 4 is 37.4 Å². The van der Waals surface area contributed by atoms with Crippen molar-refractivity contribution in [2.75, 3.05) is 7.05 Å². The molecule has 0 aliphatic rings. The molecular weight excluding hydrogens is 330 g/mol. The largest absolute Gasteiger partial charge is 0.309 e. The van der Waals surface area contributed by atoms with Crippen molar-refractivity contribution in [1.29, 1.82) is 0 Å². The second-order valence-electron chi connectivity index (χ2n) is 4.97. The van der Waals surface area contributed by atoms with Gasteiger partial charge in [-0.15, -0.1) is 11.3 Å². The molecule has 1 aromatic heterocycles. The summed E-state index contributed by atoms with van der Waals surface area (Å²) in [7, 11) is 2.02. The van der Waals surface area contributed by atoms with Gasteiger partial charge in [0.15, 0.2) is 0 Å². The van der Waals surface area contributed by atoms with Gasteiger partial charge < -0.3 is 5.32 Å². The molecular formula is C17H16BrNS. The van der Waals surface area contributed by atoms with Crippen LogP contribution in [0.4, 0.5) is 0 Å². The SMILES string of the molecule is CNC(c1cc(C)cc(Br)c1)c1cccc2ccsc12. The highest BCUT2D eigenvalue weighted by atomic mass is 79.9. The zero-order valence-electron chi connectivity index (χ0n) is 11.5. The molecule has 0 spiro atoms. The summed E-state index contributed by atoms with van der Waals surface area (Å²) in [5, 5.41) is 6.94. The van der Waals surface area contributed by atoms with E-state index in [4.69, 9.17) is 0 Å². The molecule has 1 unspecified atom stereocenters. The summed E-state index contributed by atoms with van der Waals surface area (Å²) >= 11 is 5.41. The summed E-state index contributed by atoms with van der Waals surface area (Å²) in [5.74, 6) is 0. The van der Waals surface area contributed by atoms with Crippen LogP contribution in [0.25, 0.3) is 10.1 Å². The van der Waals surface area contributed by atoms with Gasteiger partial charge >= 0.3 is 0 Å². The lowest BCUT2D eigenvalue weighted by atomic mass is 9.96. The summed E-state index contributed by atoms with van der Waals surface area (Å²) in [6.45, 7) is 2.13. The molecule has 2 aromatic carbocycles. The Morgan fingerprint density at radius 1 is 1.15 bits per heavy atom. The van der Waals surface area contributed by atoms with Crippen LogP contribution in [0.1, 0.15) is 22.7 Å². The minimum absolute atomic E-state index is 0.216. The van der Waals surface area contributed by atoms with Crippen molar-refractivity contribution in [2.45, 2.75) is 13.0 Å². The third-order valence-corrected chi connectivity index (χ3v) is 4.94. The predicted octanol–water partition coefficient (Wildman–Crippen LogP) is 5.28. The van der Waals surface area contributed by atoms with E-state index in [0.717, 1.165) is 4.47 Å². The molecule has 1 nitrogen and oxygen atoms in total. The molecule has 0 bridgehead atoms. The van der Waals surface area contributed by atoms with Gasteiger partial charge in [0.1, 0.15) is 0 Å². The number of halogens is 1. The Kier molecular flexibility index (Phi) is 3.92. The van der Waals surface area contributed by atoms with E-state index in [1.165, 1.54) is 26.8 Å². The number of aryl methyl sites for hydroxylation is 1. The topological polar surface area (TPSA) is 12.0 Å². The number of hydrogen-bond acceptors (Lipinski definition) is 2. The Morgan fingerprint density at radius 3 is 2.75 bits per heavy atom. The summed E-state index contributed by atoms with van der Waals surface area (Å²) in [4.78, 5) is 0. The van der Waals surface area contributed by atoms with Crippen LogP contribution in [-0.4, -0.2) is 7.05 Å². The number of fused-ring (bicyclic) bond motifs is 1. The van der Waals surface area contributed by atoms with Crippen LogP contribution in [0.5, 0.6) is 0 Å². The van der Waals surface area contributed by atoms with Gasteiger partial charge in [0.25, 0.3) is 0 Å². The van der Waals surface area contributed by atoms with Crippen LogP contribution < -0.4 is 5.32 Å². The van der Waals surface area contributed by atoms with Crippen molar-refractivity contribution in [2.24, 2.45) is 0 Å². The summed E-state index contributed by atoms with van der Waals surface area (Å²) in [5.41, 5.74) is 3.91. The molecule has 3 heteroatoms. The Labute approximate surface area is 131 Å². The summed E-state index contributed by atoms with van der Waals surface area (Å²) in [6, 6.07) is 15.5. The molecule has 1 atom stereocenters. The molecule has 0 saturated carbocycles. The van der Waals surface area contributed by atoms with Crippen molar-refractivity contribution in [3.05, 3.63) is 69.0 Å². The van der Waals surface area contributed by atoms with Gasteiger partial charge in [-0.05, 0) is 59.6 Å². The van der Waals surface area contributed by atoms with Crippen LogP contribution >= 0.6 is 27.3 Å². The van der Waals surface area contributed by atoms with Crippen LogP contribution in [0.2, 0.25) is 0 Å². The first-order valence-corrected chi connectivity index (χ1v) is 8.27. The van der Waals surface area contributed by atoms with Crippen LogP contribution in [-0.2, 0) is 0 Å². The zero-order chi connectivity index (χ0) is 14.1. The first-order valence-electron chi connectivity index (χ1n) is 6.59. The Bertz CT molecular complexity index is 727. The molecule has 0 aliphatic carbocycles. The fraction of sp³-hybridized carbons (Fsp3) is 0.176. The van der Waals surface area contributed by atoms with Crippen LogP contribution in [0.15, 0.2) is 52.3 Å². The molecule has 1 heterocycles. The first kappa shape index (κ1) is 13.8. The maximum atomic E-state index is 3.60. The molecule has 0 saturated heterocycles.